The lowest BCUT2D eigenvalue weighted by Crippen LogP contribution is -2.34. The third-order valence-electron chi connectivity index (χ3n) is 9.50. The Bertz CT molecular complexity index is 1480. The molecular weight excluding hydrogens is 536 g/mol. The van der Waals surface area contributed by atoms with Crippen LogP contribution in [-0.4, -0.2) is 22.9 Å². The average molecular weight is 581 g/mol. The summed E-state index contributed by atoms with van der Waals surface area (Å²) < 4.78 is 0. The van der Waals surface area contributed by atoms with Gasteiger partial charge in [0.05, 0.1) is 18.4 Å². The van der Waals surface area contributed by atoms with Gasteiger partial charge in [0.15, 0.2) is 0 Å². The summed E-state index contributed by atoms with van der Waals surface area (Å²) in [5.41, 5.74) is 6.42. The Hall–Kier alpha value is -3.93. The molecule has 0 aromatic heterocycles. The summed E-state index contributed by atoms with van der Waals surface area (Å²) in [7, 11) is 0. The first-order valence-corrected chi connectivity index (χ1v) is 15.6. The van der Waals surface area contributed by atoms with Crippen molar-refractivity contribution in [3.05, 3.63) is 94.5 Å². The first kappa shape index (κ1) is 30.5. The van der Waals surface area contributed by atoms with Crippen LogP contribution in [0.1, 0.15) is 86.6 Å². The van der Waals surface area contributed by atoms with E-state index in [0.29, 0.717) is 19.4 Å². The van der Waals surface area contributed by atoms with Crippen LogP contribution in [0, 0.1) is 24.2 Å². The van der Waals surface area contributed by atoms with E-state index in [4.69, 9.17) is 0 Å². The number of carbonyl (C=O) groups excluding carboxylic acids is 2. The lowest BCUT2D eigenvalue weighted by atomic mass is 9.76. The Balaban J connectivity index is 1.36. The van der Waals surface area contributed by atoms with Crippen molar-refractivity contribution >= 4 is 29.2 Å². The zero-order valence-corrected chi connectivity index (χ0v) is 25.9. The molecule has 2 N–H and O–H groups in total. The zero-order chi connectivity index (χ0) is 30.7. The first-order valence-electron chi connectivity index (χ1n) is 15.6. The standard InChI is InChI=1S/C37H44N2O4/c1-24-29(22-30(36(42)43)37(2,3)4)13-9-14-31(24)38-35(41)34(27-11-5-6-12-27)28-18-16-25(17-19-28)23-39-32-15-8-7-10-26(32)20-21-33(39)40/h7-10,13-19,27,30,34H,5-6,11-12,20-23H2,1-4H3,(H,38,41)(H,42,43). The molecule has 1 aliphatic heterocycles. The molecular formula is C37H44N2O4. The summed E-state index contributed by atoms with van der Waals surface area (Å²) in [6.45, 7) is 8.33. The van der Waals surface area contributed by atoms with E-state index >= 15 is 0 Å². The molecule has 2 atom stereocenters. The summed E-state index contributed by atoms with van der Waals surface area (Å²) in [4.78, 5) is 40.7. The Labute approximate surface area is 255 Å². The Morgan fingerprint density at radius 2 is 1.65 bits per heavy atom. The molecule has 0 spiro atoms. The van der Waals surface area contributed by atoms with Crippen LogP contribution in [-0.2, 0) is 33.8 Å². The van der Waals surface area contributed by atoms with Crippen molar-refractivity contribution in [1.82, 2.24) is 0 Å². The van der Waals surface area contributed by atoms with E-state index in [9.17, 15) is 19.5 Å². The van der Waals surface area contributed by atoms with Gasteiger partial charge in [0, 0.05) is 17.8 Å². The molecule has 6 heteroatoms. The second kappa shape index (κ2) is 12.7. The van der Waals surface area contributed by atoms with E-state index in [1.54, 1.807) is 0 Å². The first-order chi connectivity index (χ1) is 20.5. The number of fused-ring (bicyclic) bond motifs is 1. The lowest BCUT2D eigenvalue weighted by molar-refractivity contribution is -0.145. The van der Waals surface area contributed by atoms with Gasteiger partial charge in [-0.3, -0.25) is 14.4 Å². The Morgan fingerprint density at radius 3 is 2.33 bits per heavy atom. The number of carbonyl (C=O) groups is 3. The van der Waals surface area contributed by atoms with Gasteiger partial charge < -0.3 is 15.3 Å². The molecule has 3 aromatic carbocycles. The second-order valence-electron chi connectivity index (χ2n) is 13.4. The van der Waals surface area contributed by atoms with Gasteiger partial charge in [0.1, 0.15) is 0 Å². The molecule has 5 rings (SSSR count). The SMILES string of the molecule is Cc1c(CC(C(=O)O)C(C)(C)C)cccc1NC(=O)C(c1ccc(CN2C(=O)CCc3ccccc32)cc1)C1CCCC1. The fourth-order valence-electron chi connectivity index (χ4n) is 6.85. The van der Waals surface area contributed by atoms with Crippen LogP contribution in [0.4, 0.5) is 11.4 Å². The van der Waals surface area contributed by atoms with Gasteiger partial charge in [0.25, 0.3) is 0 Å². The van der Waals surface area contributed by atoms with Crippen LogP contribution in [0.25, 0.3) is 0 Å². The fraction of sp³-hybridized carbons (Fsp3) is 0.432. The smallest absolute Gasteiger partial charge is 0.307 e. The molecule has 43 heavy (non-hydrogen) atoms. The van der Waals surface area contributed by atoms with Gasteiger partial charge in [0.2, 0.25) is 11.8 Å². The predicted molar refractivity (Wildman–Crippen MR) is 171 cm³/mol. The van der Waals surface area contributed by atoms with Gasteiger partial charge in [-0.25, -0.2) is 0 Å². The maximum absolute atomic E-state index is 14.0. The normalized spacial score (nSPS) is 16.9. The van der Waals surface area contributed by atoms with E-state index in [1.165, 1.54) is 5.56 Å². The van der Waals surface area contributed by atoms with Crippen LogP contribution in [0.5, 0.6) is 0 Å². The van der Waals surface area contributed by atoms with Gasteiger partial charge in [-0.15, -0.1) is 0 Å². The molecule has 2 amide bonds. The van der Waals surface area contributed by atoms with E-state index in [1.807, 2.05) is 69.0 Å². The summed E-state index contributed by atoms with van der Waals surface area (Å²) >= 11 is 0. The van der Waals surface area contributed by atoms with Gasteiger partial charge in [-0.2, -0.15) is 0 Å². The van der Waals surface area contributed by atoms with Gasteiger partial charge in [-0.05, 0) is 83.9 Å². The number of para-hydroxylation sites is 1. The van der Waals surface area contributed by atoms with Crippen molar-refractivity contribution in [3.8, 4) is 0 Å². The number of nitrogens with one attached hydrogen (secondary N) is 1. The number of rotatable bonds is 9. The minimum atomic E-state index is -0.806. The lowest BCUT2D eigenvalue weighted by Gasteiger charge is -2.30. The zero-order valence-electron chi connectivity index (χ0n) is 25.9. The largest absolute Gasteiger partial charge is 0.481 e. The highest BCUT2D eigenvalue weighted by Gasteiger charge is 2.34. The molecule has 6 nitrogen and oxygen atoms in total. The molecule has 0 saturated heterocycles. The summed E-state index contributed by atoms with van der Waals surface area (Å²) in [5.74, 6) is -1.23. The van der Waals surface area contributed by atoms with Crippen molar-refractivity contribution in [1.29, 1.82) is 0 Å². The van der Waals surface area contributed by atoms with Crippen molar-refractivity contribution < 1.29 is 19.5 Å². The maximum Gasteiger partial charge on any atom is 0.307 e. The molecule has 2 aliphatic rings. The Morgan fingerprint density at radius 1 is 0.953 bits per heavy atom. The fourth-order valence-corrected chi connectivity index (χ4v) is 6.85. The Kier molecular flexibility index (Phi) is 9.05. The van der Waals surface area contributed by atoms with Crippen LogP contribution < -0.4 is 10.2 Å². The highest BCUT2D eigenvalue weighted by molar-refractivity contribution is 5.97. The third-order valence-corrected chi connectivity index (χ3v) is 9.50. The molecule has 226 valence electrons. The monoisotopic (exact) mass is 580 g/mol. The van der Waals surface area contributed by atoms with Crippen LogP contribution in [0.3, 0.4) is 0 Å². The molecule has 1 fully saturated rings. The molecule has 3 aromatic rings. The number of hydrogen-bond donors (Lipinski definition) is 2. The van der Waals surface area contributed by atoms with Crippen molar-refractivity contribution in [2.45, 2.75) is 85.1 Å². The quantitative estimate of drug-likeness (QED) is 0.272. The number of amides is 2. The van der Waals surface area contributed by atoms with Crippen molar-refractivity contribution in [3.63, 3.8) is 0 Å². The highest BCUT2D eigenvalue weighted by atomic mass is 16.4. The molecule has 0 radical (unpaired) electrons. The van der Waals surface area contributed by atoms with E-state index in [-0.39, 0.29) is 29.1 Å². The van der Waals surface area contributed by atoms with Crippen molar-refractivity contribution in [2.24, 2.45) is 17.3 Å². The van der Waals surface area contributed by atoms with Gasteiger partial charge >= 0.3 is 5.97 Å². The topological polar surface area (TPSA) is 86.7 Å². The number of nitrogens with zero attached hydrogens (tertiary/aromatic N) is 1. The number of anilines is 2. The number of aryl methyl sites for hydroxylation is 1. The number of aliphatic carboxylic acids is 1. The number of carboxylic acid groups (broad SMARTS) is 1. The van der Waals surface area contributed by atoms with E-state index < -0.39 is 11.9 Å². The summed E-state index contributed by atoms with van der Waals surface area (Å²) in [6.07, 6.45) is 6.00. The average Bonchev–Trinajstić information content (AvgIpc) is 3.49. The maximum atomic E-state index is 14.0. The highest BCUT2D eigenvalue weighted by Crippen LogP contribution is 2.39. The second-order valence-corrected chi connectivity index (χ2v) is 13.4. The summed E-state index contributed by atoms with van der Waals surface area (Å²) in [6, 6.07) is 22.1. The molecule has 1 saturated carbocycles. The molecule has 2 unspecified atom stereocenters. The van der Waals surface area contributed by atoms with Crippen LogP contribution >= 0.6 is 0 Å². The van der Waals surface area contributed by atoms with Crippen molar-refractivity contribution in [2.75, 3.05) is 10.2 Å². The molecule has 1 aliphatic carbocycles. The van der Waals surface area contributed by atoms with E-state index in [0.717, 1.165) is 65.7 Å². The minimum absolute atomic E-state index is 0.0226. The number of hydrogen-bond acceptors (Lipinski definition) is 3. The van der Waals surface area contributed by atoms with Crippen LogP contribution in [0.15, 0.2) is 66.7 Å². The third kappa shape index (κ3) is 6.84. The van der Waals surface area contributed by atoms with Gasteiger partial charge in [-0.1, -0.05) is 88.2 Å². The van der Waals surface area contributed by atoms with Crippen LogP contribution in [0.2, 0.25) is 0 Å². The molecule has 1 heterocycles. The number of benzene rings is 3. The molecule has 0 bridgehead atoms. The van der Waals surface area contributed by atoms with E-state index in [2.05, 4.69) is 35.6 Å². The predicted octanol–water partition coefficient (Wildman–Crippen LogP) is 7.68. The number of carboxylic acids is 1. The minimum Gasteiger partial charge on any atom is -0.481 e. The summed E-state index contributed by atoms with van der Waals surface area (Å²) in [5, 5.41) is 13.1.